The van der Waals surface area contributed by atoms with E-state index in [1.54, 1.807) is 17.2 Å². The molecule has 0 radical (unpaired) electrons. The van der Waals surface area contributed by atoms with Gasteiger partial charge in [-0.25, -0.2) is 0 Å². The molecular weight excluding hydrogens is 392 g/mol. The molecule has 0 unspecified atom stereocenters. The lowest BCUT2D eigenvalue weighted by molar-refractivity contribution is 0.0787. The topological polar surface area (TPSA) is 64.8 Å². The van der Waals surface area contributed by atoms with Gasteiger partial charge in [0.25, 0.3) is 5.91 Å². The van der Waals surface area contributed by atoms with Gasteiger partial charge in [-0.1, -0.05) is 36.8 Å². The number of hydrogen-bond acceptors (Lipinski definition) is 2. The summed E-state index contributed by atoms with van der Waals surface area (Å²) in [5, 5.41) is 7.51. The molecule has 0 aliphatic rings. The van der Waals surface area contributed by atoms with E-state index >= 15 is 0 Å². The Bertz CT molecular complexity index is 840. The first-order valence-electron chi connectivity index (χ1n) is 8.82. The van der Waals surface area contributed by atoms with Gasteiger partial charge < -0.3 is 9.88 Å². The Morgan fingerprint density at radius 3 is 2.69 bits per heavy atom. The molecule has 1 amide bonds. The van der Waals surface area contributed by atoms with Crippen LogP contribution in [0.3, 0.4) is 0 Å². The van der Waals surface area contributed by atoms with Crippen LogP contribution in [0.15, 0.2) is 53.1 Å². The summed E-state index contributed by atoms with van der Waals surface area (Å²) in [7, 11) is 1.85. The second-order valence-electron chi connectivity index (χ2n) is 6.41. The molecule has 0 fully saturated rings. The third kappa shape index (κ3) is 4.85. The van der Waals surface area contributed by atoms with E-state index in [-0.39, 0.29) is 5.91 Å². The first-order valence-corrected chi connectivity index (χ1v) is 9.62. The predicted molar refractivity (Wildman–Crippen MR) is 107 cm³/mol. The lowest BCUT2D eigenvalue weighted by Gasteiger charge is -2.16. The van der Waals surface area contributed by atoms with Gasteiger partial charge in [0.05, 0.1) is 5.69 Å². The van der Waals surface area contributed by atoms with Gasteiger partial charge in [0.1, 0.15) is 5.69 Å². The maximum Gasteiger partial charge on any atom is 0.270 e. The molecule has 2 heterocycles. The van der Waals surface area contributed by atoms with Crippen LogP contribution in [0.1, 0.15) is 35.4 Å². The maximum absolute atomic E-state index is 12.2. The SMILES string of the molecule is CN(CCCCCc1cc(-c2ccccc2)n[nH]1)C(=O)c1cc(Br)c[nH]1. The summed E-state index contributed by atoms with van der Waals surface area (Å²) < 4.78 is 0.892. The summed E-state index contributed by atoms with van der Waals surface area (Å²) in [5.41, 5.74) is 3.89. The molecule has 0 saturated carbocycles. The van der Waals surface area contributed by atoms with E-state index in [1.165, 1.54) is 0 Å². The Morgan fingerprint density at radius 1 is 1.15 bits per heavy atom. The van der Waals surface area contributed by atoms with Crippen molar-refractivity contribution < 1.29 is 4.79 Å². The second kappa shape index (κ2) is 8.85. The average molecular weight is 415 g/mol. The number of halogens is 1. The molecular formula is C20H23BrN4O. The normalized spacial score (nSPS) is 10.8. The molecule has 0 aliphatic heterocycles. The molecule has 3 rings (SSSR count). The lowest BCUT2D eigenvalue weighted by atomic mass is 10.1. The number of rotatable bonds is 8. The largest absolute Gasteiger partial charge is 0.356 e. The van der Waals surface area contributed by atoms with E-state index in [4.69, 9.17) is 0 Å². The van der Waals surface area contributed by atoms with Crippen molar-refractivity contribution in [1.29, 1.82) is 0 Å². The summed E-state index contributed by atoms with van der Waals surface area (Å²) in [6, 6.07) is 14.1. The van der Waals surface area contributed by atoms with Crippen LogP contribution in [0.5, 0.6) is 0 Å². The highest BCUT2D eigenvalue weighted by Crippen LogP contribution is 2.18. The summed E-state index contributed by atoms with van der Waals surface area (Å²) in [4.78, 5) is 17.0. The van der Waals surface area contributed by atoms with Crippen LogP contribution in [-0.2, 0) is 6.42 Å². The molecule has 0 aliphatic carbocycles. The first-order chi connectivity index (χ1) is 12.6. The quantitative estimate of drug-likeness (QED) is 0.526. The zero-order valence-electron chi connectivity index (χ0n) is 14.8. The minimum Gasteiger partial charge on any atom is -0.356 e. The van der Waals surface area contributed by atoms with Crippen molar-refractivity contribution in [2.45, 2.75) is 25.7 Å². The van der Waals surface area contributed by atoms with Crippen LogP contribution in [0.25, 0.3) is 11.3 Å². The van der Waals surface area contributed by atoms with E-state index in [2.05, 4.69) is 49.3 Å². The van der Waals surface area contributed by atoms with Crippen LogP contribution in [-0.4, -0.2) is 39.6 Å². The minimum atomic E-state index is 0.0248. The molecule has 0 saturated heterocycles. The van der Waals surface area contributed by atoms with Crippen molar-refractivity contribution in [3.05, 3.63) is 64.5 Å². The van der Waals surface area contributed by atoms with E-state index in [0.29, 0.717) is 5.69 Å². The van der Waals surface area contributed by atoms with Crippen molar-refractivity contribution in [3.8, 4) is 11.3 Å². The molecule has 6 heteroatoms. The van der Waals surface area contributed by atoms with E-state index < -0.39 is 0 Å². The molecule has 0 bridgehead atoms. The summed E-state index contributed by atoms with van der Waals surface area (Å²) in [6.45, 7) is 0.758. The number of carbonyl (C=O) groups is 1. The molecule has 136 valence electrons. The number of aryl methyl sites for hydroxylation is 1. The summed E-state index contributed by atoms with van der Waals surface area (Å²) in [6.07, 6.45) is 5.89. The number of hydrogen-bond donors (Lipinski definition) is 2. The van der Waals surface area contributed by atoms with Gasteiger partial charge in [0, 0.05) is 35.5 Å². The van der Waals surface area contributed by atoms with E-state index in [0.717, 1.165) is 53.7 Å². The zero-order chi connectivity index (χ0) is 18.4. The van der Waals surface area contributed by atoms with E-state index in [1.807, 2.05) is 25.2 Å². The fourth-order valence-electron chi connectivity index (χ4n) is 2.89. The van der Waals surface area contributed by atoms with Gasteiger partial charge in [0.15, 0.2) is 0 Å². The molecule has 26 heavy (non-hydrogen) atoms. The zero-order valence-corrected chi connectivity index (χ0v) is 16.4. The van der Waals surface area contributed by atoms with Crippen LogP contribution < -0.4 is 0 Å². The highest BCUT2D eigenvalue weighted by molar-refractivity contribution is 9.10. The van der Waals surface area contributed by atoms with Crippen molar-refractivity contribution in [3.63, 3.8) is 0 Å². The van der Waals surface area contributed by atoms with Crippen molar-refractivity contribution in [2.75, 3.05) is 13.6 Å². The number of H-pyrrole nitrogens is 2. The van der Waals surface area contributed by atoms with Gasteiger partial charge in [-0.3, -0.25) is 9.89 Å². The predicted octanol–water partition coefficient (Wildman–Crippen LogP) is 4.65. The molecule has 0 atom stereocenters. The fraction of sp³-hybridized carbons (Fsp3) is 0.300. The number of nitrogens with zero attached hydrogens (tertiary/aromatic N) is 2. The highest BCUT2D eigenvalue weighted by Gasteiger charge is 2.12. The summed E-state index contributed by atoms with van der Waals surface area (Å²) in [5.74, 6) is 0.0248. The smallest absolute Gasteiger partial charge is 0.270 e. The van der Waals surface area contributed by atoms with Crippen LogP contribution in [0, 0.1) is 0 Å². The number of amides is 1. The van der Waals surface area contributed by atoms with Crippen molar-refractivity contribution in [2.24, 2.45) is 0 Å². The van der Waals surface area contributed by atoms with Gasteiger partial charge in [-0.05, 0) is 47.3 Å². The number of carbonyl (C=O) groups excluding carboxylic acids is 1. The average Bonchev–Trinajstić information content (AvgIpc) is 3.30. The number of aromatic amines is 2. The molecule has 2 aromatic heterocycles. The lowest BCUT2D eigenvalue weighted by Crippen LogP contribution is -2.27. The Labute approximate surface area is 161 Å². The Hall–Kier alpha value is -2.34. The monoisotopic (exact) mass is 414 g/mol. The van der Waals surface area contributed by atoms with Crippen LogP contribution in [0.4, 0.5) is 0 Å². The number of benzene rings is 1. The first kappa shape index (κ1) is 18.5. The number of unbranched alkanes of at least 4 members (excludes halogenated alkanes) is 2. The molecule has 5 nitrogen and oxygen atoms in total. The van der Waals surface area contributed by atoms with Crippen LogP contribution in [0.2, 0.25) is 0 Å². The van der Waals surface area contributed by atoms with Gasteiger partial charge in [-0.15, -0.1) is 0 Å². The molecule has 3 aromatic rings. The molecule has 0 spiro atoms. The van der Waals surface area contributed by atoms with Gasteiger partial charge in [-0.2, -0.15) is 5.10 Å². The molecule has 2 N–H and O–H groups in total. The molecule has 1 aromatic carbocycles. The Balaban J connectivity index is 1.38. The van der Waals surface area contributed by atoms with Crippen LogP contribution >= 0.6 is 15.9 Å². The van der Waals surface area contributed by atoms with Crippen molar-refractivity contribution >= 4 is 21.8 Å². The Morgan fingerprint density at radius 2 is 1.96 bits per heavy atom. The fourth-order valence-corrected chi connectivity index (χ4v) is 3.23. The van der Waals surface area contributed by atoms with E-state index in [9.17, 15) is 4.79 Å². The number of aromatic nitrogens is 3. The van der Waals surface area contributed by atoms with Gasteiger partial charge in [0.2, 0.25) is 0 Å². The third-order valence-electron chi connectivity index (χ3n) is 4.36. The Kier molecular flexibility index (Phi) is 6.28. The highest BCUT2D eigenvalue weighted by atomic mass is 79.9. The maximum atomic E-state index is 12.2. The second-order valence-corrected chi connectivity index (χ2v) is 7.33. The summed E-state index contributed by atoms with van der Waals surface area (Å²) >= 11 is 3.35. The standard InChI is InChI=1S/C20H23BrN4O/c1-25(20(26)19-12-16(21)14-22-19)11-7-3-6-10-17-13-18(24-23-17)15-8-4-2-5-9-15/h2,4-5,8-9,12-14,22H,3,6-7,10-11H2,1H3,(H,23,24). The van der Waals surface area contributed by atoms with Gasteiger partial charge >= 0.3 is 0 Å². The van der Waals surface area contributed by atoms with Crippen molar-refractivity contribution in [1.82, 2.24) is 20.1 Å². The minimum absolute atomic E-state index is 0.0248. The number of nitrogens with one attached hydrogen (secondary N) is 2. The third-order valence-corrected chi connectivity index (χ3v) is 4.82.